The van der Waals surface area contributed by atoms with E-state index in [1.165, 1.54) is 17.5 Å². The maximum Gasteiger partial charge on any atom is 0.140 e. The Balaban J connectivity index is 2.94. The maximum absolute atomic E-state index is 5.93. The van der Waals surface area contributed by atoms with Gasteiger partial charge in [0.25, 0.3) is 0 Å². The van der Waals surface area contributed by atoms with Crippen LogP contribution < -0.4 is 0 Å². The number of aryl methyl sites for hydroxylation is 2. The van der Waals surface area contributed by atoms with Crippen molar-refractivity contribution < 1.29 is 0 Å². The molecule has 0 aliphatic carbocycles. The summed E-state index contributed by atoms with van der Waals surface area (Å²) >= 11 is 5.93. The highest BCUT2D eigenvalue weighted by molar-refractivity contribution is 6.34. The van der Waals surface area contributed by atoms with Crippen molar-refractivity contribution in [1.82, 2.24) is 9.97 Å². The fraction of sp³-hybridized carbons (Fsp3) is 0.200. The van der Waals surface area contributed by atoms with Crippen molar-refractivity contribution in [2.24, 2.45) is 0 Å². The first-order valence-corrected chi connectivity index (χ1v) is 4.44. The Bertz CT molecular complexity index is 466. The molecular formula is C10H9ClN2. The van der Waals surface area contributed by atoms with Crippen LogP contribution in [0.25, 0.3) is 10.9 Å². The van der Waals surface area contributed by atoms with Crippen molar-refractivity contribution in [3.8, 4) is 0 Å². The van der Waals surface area contributed by atoms with Crippen molar-refractivity contribution in [3.63, 3.8) is 0 Å². The number of halogens is 1. The quantitative estimate of drug-likeness (QED) is 0.600. The van der Waals surface area contributed by atoms with Gasteiger partial charge in [0.05, 0.1) is 5.52 Å². The monoisotopic (exact) mass is 192 g/mol. The molecule has 1 aromatic heterocycles. The van der Waals surface area contributed by atoms with Crippen LogP contribution in [0.1, 0.15) is 11.1 Å². The van der Waals surface area contributed by atoms with Gasteiger partial charge < -0.3 is 0 Å². The second-order valence-corrected chi connectivity index (χ2v) is 3.43. The summed E-state index contributed by atoms with van der Waals surface area (Å²) in [5, 5.41) is 1.44. The lowest BCUT2D eigenvalue weighted by Gasteiger charge is -2.04. The topological polar surface area (TPSA) is 25.8 Å². The maximum atomic E-state index is 5.93. The number of hydrogen-bond donors (Lipinski definition) is 0. The number of nitrogens with zero attached hydrogens (tertiary/aromatic N) is 2. The van der Waals surface area contributed by atoms with Gasteiger partial charge in [-0.2, -0.15) is 0 Å². The van der Waals surface area contributed by atoms with Crippen LogP contribution in [-0.2, 0) is 0 Å². The Hall–Kier alpha value is -1.15. The predicted molar refractivity (Wildman–Crippen MR) is 54.0 cm³/mol. The predicted octanol–water partition coefficient (Wildman–Crippen LogP) is 2.90. The number of aromatic nitrogens is 2. The normalized spacial score (nSPS) is 10.7. The van der Waals surface area contributed by atoms with Crippen LogP contribution >= 0.6 is 11.6 Å². The smallest absolute Gasteiger partial charge is 0.140 e. The van der Waals surface area contributed by atoms with Gasteiger partial charge in [-0.1, -0.05) is 17.7 Å². The van der Waals surface area contributed by atoms with E-state index in [1.807, 2.05) is 19.1 Å². The highest BCUT2D eigenvalue weighted by atomic mass is 35.5. The molecule has 0 atom stereocenters. The molecule has 1 aromatic carbocycles. The summed E-state index contributed by atoms with van der Waals surface area (Å²) in [6.07, 6.45) is 1.50. The minimum Gasteiger partial charge on any atom is -0.236 e. The Kier molecular flexibility index (Phi) is 1.93. The third kappa shape index (κ3) is 1.27. The minimum absolute atomic E-state index is 0.521. The molecule has 0 amide bonds. The van der Waals surface area contributed by atoms with Crippen molar-refractivity contribution >= 4 is 22.5 Å². The summed E-state index contributed by atoms with van der Waals surface area (Å²) in [6, 6.07) is 3.99. The molecule has 0 aliphatic rings. The van der Waals surface area contributed by atoms with E-state index in [1.54, 1.807) is 0 Å². The Labute approximate surface area is 81.6 Å². The number of hydrogen-bond acceptors (Lipinski definition) is 2. The summed E-state index contributed by atoms with van der Waals surface area (Å²) in [5.74, 6) is 0. The highest BCUT2D eigenvalue weighted by Crippen LogP contribution is 2.23. The molecule has 13 heavy (non-hydrogen) atoms. The average Bonchev–Trinajstić information content (AvgIpc) is 2.12. The van der Waals surface area contributed by atoms with Gasteiger partial charge in [0.2, 0.25) is 0 Å². The molecule has 0 aliphatic heterocycles. The van der Waals surface area contributed by atoms with Crippen LogP contribution in [-0.4, -0.2) is 9.97 Å². The zero-order valence-corrected chi connectivity index (χ0v) is 8.26. The molecule has 0 N–H and O–H groups in total. The molecule has 0 radical (unpaired) electrons. The third-order valence-corrected chi connectivity index (χ3v) is 2.58. The van der Waals surface area contributed by atoms with E-state index >= 15 is 0 Å². The van der Waals surface area contributed by atoms with Gasteiger partial charge in [0.15, 0.2) is 0 Å². The lowest BCUT2D eigenvalue weighted by Crippen LogP contribution is -1.89. The van der Waals surface area contributed by atoms with E-state index in [0.29, 0.717) is 5.15 Å². The van der Waals surface area contributed by atoms with Gasteiger partial charge >= 0.3 is 0 Å². The molecule has 2 nitrogen and oxygen atoms in total. The van der Waals surface area contributed by atoms with Crippen molar-refractivity contribution in [2.45, 2.75) is 13.8 Å². The molecule has 2 aromatic rings. The van der Waals surface area contributed by atoms with Gasteiger partial charge in [0.1, 0.15) is 11.5 Å². The molecule has 0 saturated carbocycles. The van der Waals surface area contributed by atoms with Crippen LogP contribution in [0, 0.1) is 13.8 Å². The summed E-state index contributed by atoms with van der Waals surface area (Å²) in [7, 11) is 0. The second kappa shape index (κ2) is 2.96. The van der Waals surface area contributed by atoms with Gasteiger partial charge in [-0.05, 0) is 31.0 Å². The van der Waals surface area contributed by atoms with Crippen LogP contribution in [0.5, 0.6) is 0 Å². The van der Waals surface area contributed by atoms with E-state index in [2.05, 4.69) is 16.9 Å². The fourth-order valence-electron chi connectivity index (χ4n) is 1.34. The zero-order valence-electron chi connectivity index (χ0n) is 7.50. The van der Waals surface area contributed by atoms with E-state index in [-0.39, 0.29) is 0 Å². The SMILES string of the molecule is Cc1ccc2c(Cl)ncnc2c1C. The standard InChI is InChI=1S/C10H9ClN2/c1-6-3-4-8-9(7(6)2)12-5-13-10(8)11/h3-5H,1-2H3. The molecule has 0 saturated heterocycles. The lowest BCUT2D eigenvalue weighted by molar-refractivity contribution is 1.20. The molecule has 66 valence electrons. The van der Waals surface area contributed by atoms with Crippen molar-refractivity contribution in [1.29, 1.82) is 0 Å². The largest absolute Gasteiger partial charge is 0.236 e. The first-order chi connectivity index (χ1) is 6.20. The van der Waals surface area contributed by atoms with Gasteiger partial charge in [-0.25, -0.2) is 9.97 Å². The summed E-state index contributed by atoms with van der Waals surface area (Å²) in [6.45, 7) is 4.10. The molecule has 3 heteroatoms. The highest BCUT2D eigenvalue weighted by Gasteiger charge is 2.04. The molecular weight excluding hydrogens is 184 g/mol. The molecule has 1 heterocycles. The van der Waals surface area contributed by atoms with Crippen molar-refractivity contribution in [3.05, 3.63) is 34.7 Å². The first kappa shape index (κ1) is 8.45. The number of benzene rings is 1. The van der Waals surface area contributed by atoms with Crippen LogP contribution in [0.2, 0.25) is 5.15 Å². The summed E-state index contributed by atoms with van der Waals surface area (Å²) in [5.41, 5.74) is 3.34. The van der Waals surface area contributed by atoms with Crippen molar-refractivity contribution in [2.75, 3.05) is 0 Å². The third-order valence-electron chi connectivity index (χ3n) is 2.28. The van der Waals surface area contributed by atoms with E-state index in [4.69, 9.17) is 11.6 Å². The van der Waals surface area contributed by atoms with Crippen LogP contribution in [0.4, 0.5) is 0 Å². The van der Waals surface area contributed by atoms with Crippen LogP contribution in [0.15, 0.2) is 18.5 Å². The second-order valence-electron chi connectivity index (χ2n) is 3.07. The fourth-order valence-corrected chi connectivity index (χ4v) is 1.54. The number of rotatable bonds is 0. The lowest BCUT2D eigenvalue weighted by atomic mass is 10.1. The molecule has 2 rings (SSSR count). The first-order valence-electron chi connectivity index (χ1n) is 4.06. The summed E-state index contributed by atoms with van der Waals surface area (Å²) in [4.78, 5) is 8.14. The van der Waals surface area contributed by atoms with E-state index in [9.17, 15) is 0 Å². The number of fused-ring (bicyclic) bond motifs is 1. The van der Waals surface area contributed by atoms with Gasteiger partial charge in [-0.3, -0.25) is 0 Å². The average molecular weight is 193 g/mol. The molecule has 0 fully saturated rings. The minimum atomic E-state index is 0.521. The Morgan fingerprint density at radius 1 is 1.15 bits per heavy atom. The Morgan fingerprint density at radius 2 is 1.92 bits per heavy atom. The molecule has 0 bridgehead atoms. The van der Waals surface area contributed by atoms with Gasteiger partial charge in [-0.15, -0.1) is 0 Å². The van der Waals surface area contributed by atoms with Crippen LogP contribution in [0.3, 0.4) is 0 Å². The summed E-state index contributed by atoms with van der Waals surface area (Å²) < 4.78 is 0. The van der Waals surface area contributed by atoms with E-state index in [0.717, 1.165) is 10.9 Å². The zero-order chi connectivity index (χ0) is 9.42. The van der Waals surface area contributed by atoms with E-state index < -0.39 is 0 Å². The van der Waals surface area contributed by atoms with Gasteiger partial charge in [0, 0.05) is 5.39 Å². The Morgan fingerprint density at radius 3 is 2.69 bits per heavy atom. The molecule has 0 spiro atoms. The molecule has 0 unspecified atom stereocenters.